The number of rotatable bonds is 13. The molecule has 2 heterocycles. The third-order valence-electron chi connectivity index (χ3n) is 9.11. The van der Waals surface area contributed by atoms with Crippen molar-refractivity contribution >= 4 is 20.1 Å². The third-order valence-corrected chi connectivity index (χ3v) is 15.3. The van der Waals surface area contributed by atoms with Crippen molar-refractivity contribution in [3.63, 3.8) is 0 Å². The smallest absolute Gasteiger partial charge is 0.214 e. The third kappa shape index (κ3) is 8.92. The summed E-state index contributed by atoms with van der Waals surface area (Å²) in [6.45, 7) is 17.3. The van der Waals surface area contributed by atoms with Gasteiger partial charge in [0.2, 0.25) is 6.29 Å². The van der Waals surface area contributed by atoms with Gasteiger partial charge in [0.05, 0.1) is 37.4 Å². The van der Waals surface area contributed by atoms with Gasteiger partial charge < -0.3 is 28.1 Å². The second-order valence-corrected chi connectivity index (χ2v) is 19.7. The molecule has 0 bridgehead atoms. The summed E-state index contributed by atoms with van der Waals surface area (Å²) in [6, 6.07) is 30.7. The van der Waals surface area contributed by atoms with Crippen molar-refractivity contribution in [2.24, 2.45) is 0 Å². The molecule has 0 aliphatic carbocycles. The second-order valence-electron chi connectivity index (χ2n) is 13.7. The first-order chi connectivity index (χ1) is 22.0. The Labute approximate surface area is 280 Å². The van der Waals surface area contributed by atoms with Crippen LogP contribution in [0.5, 0.6) is 0 Å². The standard InChI is InChI=1S/C38H50O6SSi/c1-27-35(28(2)44-46(6,7)38(3,4)5)45-36-34(41-25-31-21-15-10-16-22-31)33(40-24-30-19-13-9-14-20-30)32(43-37(36)42-27)26-39-23-29-17-11-8-12-18-29/h8-22,28,32-34,36-37H,23-26H2,1-7H3/t28?,32-,33+,34+,36-,37+/m1/s1. The van der Waals surface area contributed by atoms with Crippen LogP contribution in [-0.4, -0.2) is 50.9 Å². The van der Waals surface area contributed by atoms with Crippen LogP contribution in [0.15, 0.2) is 102 Å². The quantitative estimate of drug-likeness (QED) is 0.170. The fourth-order valence-corrected chi connectivity index (χ4v) is 8.33. The molecule has 0 saturated carbocycles. The molecule has 3 aromatic rings. The van der Waals surface area contributed by atoms with E-state index in [-0.39, 0.29) is 22.5 Å². The van der Waals surface area contributed by atoms with E-state index >= 15 is 0 Å². The van der Waals surface area contributed by atoms with Crippen LogP contribution in [0, 0.1) is 0 Å². The minimum atomic E-state index is -2.03. The SMILES string of the molecule is CC1=C(C(C)O[Si](C)(C)C(C)(C)C)S[C@H]2[C@@H](O1)O[C@H](COCc1ccccc1)[C@H](OCc1ccccc1)[C@@H]2OCc1ccccc1. The first kappa shape index (κ1) is 34.9. The van der Waals surface area contributed by atoms with Gasteiger partial charge in [0.1, 0.15) is 29.3 Å². The summed E-state index contributed by atoms with van der Waals surface area (Å²) in [5.74, 6) is 0.840. The maximum Gasteiger partial charge on any atom is 0.214 e. The number of fused-ring (bicyclic) bond motifs is 1. The van der Waals surface area contributed by atoms with Gasteiger partial charge in [-0.15, -0.1) is 11.8 Å². The summed E-state index contributed by atoms with van der Waals surface area (Å²) >= 11 is 1.76. The van der Waals surface area contributed by atoms with Crippen molar-refractivity contribution in [1.82, 2.24) is 0 Å². The Hall–Kier alpha value is -2.43. The molecule has 46 heavy (non-hydrogen) atoms. The fourth-order valence-electron chi connectivity index (χ4n) is 5.54. The van der Waals surface area contributed by atoms with Crippen LogP contribution in [0.25, 0.3) is 0 Å². The number of benzene rings is 3. The Morgan fingerprint density at radius 3 is 1.78 bits per heavy atom. The van der Waals surface area contributed by atoms with Gasteiger partial charge in [0.15, 0.2) is 8.32 Å². The molecular formula is C38H50O6SSi. The van der Waals surface area contributed by atoms with Gasteiger partial charge in [-0.05, 0) is 48.7 Å². The highest BCUT2D eigenvalue weighted by Gasteiger charge is 2.52. The zero-order valence-electron chi connectivity index (χ0n) is 28.3. The van der Waals surface area contributed by atoms with Crippen molar-refractivity contribution < 1.29 is 28.1 Å². The lowest BCUT2D eigenvalue weighted by Gasteiger charge is -2.48. The molecule has 0 amide bonds. The van der Waals surface area contributed by atoms with Crippen LogP contribution in [0.3, 0.4) is 0 Å². The van der Waals surface area contributed by atoms with Crippen molar-refractivity contribution in [2.45, 2.75) is 109 Å². The molecule has 0 N–H and O–H groups in total. The van der Waals surface area contributed by atoms with Gasteiger partial charge in [-0.2, -0.15) is 0 Å². The van der Waals surface area contributed by atoms with Crippen LogP contribution in [-0.2, 0) is 47.9 Å². The molecule has 0 aromatic heterocycles. The normalized spacial score (nSPS) is 24.3. The Balaban J connectivity index is 1.42. The fraction of sp³-hybridized carbons (Fsp3) is 0.474. The maximum absolute atomic E-state index is 6.85. The second kappa shape index (κ2) is 15.6. The summed E-state index contributed by atoms with van der Waals surface area (Å²) in [6.07, 6.45) is -1.76. The average Bonchev–Trinajstić information content (AvgIpc) is 3.03. The lowest BCUT2D eigenvalue weighted by Crippen LogP contribution is -2.60. The van der Waals surface area contributed by atoms with E-state index in [0.29, 0.717) is 26.4 Å². The number of thioether (sulfide) groups is 1. The van der Waals surface area contributed by atoms with E-state index in [1.165, 1.54) is 0 Å². The molecule has 3 aromatic carbocycles. The molecule has 6 nitrogen and oxygen atoms in total. The van der Waals surface area contributed by atoms with Crippen LogP contribution in [0.1, 0.15) is 51.3 Å². The summed E-state index contributed by atoms with van der Waals surface area (Å²) in [5, 5.41) is -0.0732. The van der Waals surface area contributed by atoms with Crippen LogP contribution in [0.4, 0.5) is 0 Å². The summed E-state index contributed by atoms with van der Waals surface area (Å²) in [7, 11) is -2.03. The molecule has 6 atom stereocenters. The summed E-state index contributed by atoms with van der Waals surface area (Å²) in [4.78, 5) is 1.09. The molecule has 8 heteroatoms. The maximum atomic E-state index is 6.85. The van der Waals surface area contributed by atoms with Gasteiger partial charge in [-0.1, -0.05) is 112 Å². The van der Waals surface area contributed by atoms with Crippen molar-refractivity contribution in [3.05, 3.63) is 118 Å². The Morgan fingerprint density at radius 1 is 0.761 bits per heavy atom. The van der Waals surface area contributed by atoms with Crippen molar-refractivity contribution in [2.75, 3.05) is 6.61 Å². The molecule has 5 rings (SSSR count). The lowest BCUT2D eigenvalue weighted by atomic mass is 10.00. The Kier molecular flexibility index (Phi) is 11.9. The minimum absolute atomic E-state index is 0.0943. The average molecular weight is 663 g/mol. The molecule has 1 unspecified atom stereocenters. The Bertz CT molecular complexity index is 1390. The van der Waals surface area contributed by atoms with Crippen LogP contribution in [0.2, 0.25) is 18.1 Å². The number of hydrogen-bond acceptors (Lipinski definition) is 7. The monoisotopic (exact) mass is 662 g/mol. The molecule has 1 saturated heterocycles. The molecule has 0 spiro atoms. The summed E-state index contributed by atoms with van der Waals surface area (Å²) in [5.41, 5.74) is 3.31. The number of allylic oxidation sites excluding steroid dienone is 1. The van der Waals surface area contributed by atoms with Gasteiger partial charge in [-0.3, -0.25) is 0 Å². The molecule has 2 aliphatic rings. The van der Waals surface area contributed by atoms with Gasteiger partial charge in [0, 0.05) is 0 Å². The predicted octanol–water partition coefficient (Wildman–Crippen LogP) is 8.87. The molecule has 1 fully saturated rings. The lowest BCUT2D eigenvalue weighted by molar-refractivity contribution is -0.266. The van der Waals surface area contributed by atoms with Crippen LogP contribution >= 0.6 is 11.8 Å². The van der Waals surface area contributed by atoms with Crippen LogP contribution < -0.4 is 0 Å². The highest BCUT2D eigenvalue weighted by molar-refractivity contribution is 8.03. The highest BCUT2D eigenvalue weighted by atomic mass is 32.2. The minimum Gasteiger partial charge on any atom is -0.467 e. The van der Waals surface area contributed by atoms with E-state index in [1.54, 1.807) is 11.8 Å². The Morgan fingerprint density at radius 2 is 1.26 bits per heavy atom. The number of hydrogen-bond donors (Lipinski definition) is 0. The summed E-state index contributed by atoms with van der Waals surface area (Å²) < 4.78 is 40.0. The van der Waals surface area contributed by atoms with Gasteiger partial charge in [0.25, 0.3) is 0 Å². The van der Waals surface area contributed by atoms with E-state index in [9.17, 15) is 0 Å². The molecule has 248 valence electrons. The zero-order valence-corrected chi connectivity index (χ0v) is 30.1. The van der Waals surface area contributed by atoms with Gasteiger partial charge in [-0.25, -0.2) is 0 Å². The predicted molar refractivity (Wildman–Crippen MR) is 188 cm³/mol. The molecule has 2 aliphatic heterocycles. The van der Waals surface area contributed by atoms with Crippen molar-refractivity contribution in [1.29, 1.82) is 0 Å². The van der Waals surface area contributed by atoms with E-state index in [2.05, 4.69) is 77.2 Å². The van der Waals surface area contributed by atoms with Crippen molar-refractivity contribution in [3.8, 4) is 0 Å². The number of ether oxygens (including phenoxy) is 5. The van der Waals surface area contributed by atoms with E-state index in [4.69, 9.17) is 28.1 Å². The zero-order chi connectivity index (χ0) is 32.7. The first-order valence-electron chi connectivity index (χ1n) is 16.3. The molecule has 0 radical (unpaired) electrons. The van der Waals surface area contributed by atoms with E-state index in [0.717, 1.165) is 27.4 Å². The largest absolute Gasteiger partial charge is 0.467 e. The molecular weight excluding hydrogens is 613 g/mol. The van der Waals surface area contributed by atoms with Gasteiger partial charge >= 0.3 is 0 Å². The van der Waals surface area contributed by atoms with E-state index in [1.807, 2.05) is 61.5 Å². The van der Waals surface area contributed by atoms with E-state index < -0.39 is 26.8 Å². The highest BCUT2D eigenvalue weighted by Crippen LogP contribution is 2.47. The topological polar surface area (TPSA) is 55.4 Å². The first-order valence-corrected chi connectivity index (χ1v) is 20.1.